The Hall–Kier alpha value is -1.64. The van der Waals surface area contributed by atoms with E-state index in [9.17, 15) is 4.79 Å². The van der Waals surface area contributed by atoms with Gasteiger partial charge >= 0.3 is 0 Å². The van der Waals surface area contributed by atoms with E-state index >= 15 is 0 Å². The summed E-state index contributed by atoms with van der Waals surface area (Å²) in [6.07, 6.45) is 0. The molecule has 1 heterocycles. The molecule has 1 amide bonds. The van der Waals surface area contributed by atoms with Crippen LogP contribution in [0.25, 0.3) is 11.5 Å². The molecular weight excluding hydrogens is 470 g/mol. The normalized spacial score (nSPS) is 12.0. The van der Waals surface area contributed by atoms with E-state index in [0.717, 1.165) is 20.2 Å². The molecule has 0 bridgehead atoms. The minimum Gasteiger partial charge on any atom is -0.411 e. The van der Waals surface area contributed by atoms with Crippen molar-refractivity contribution in [3.05, 3.63) is 57.5 Å². The molecule has 0 saturated heterocycles. The smallest absolute Gasteiger partial charge is 0.277 e. The molecule has 0 aliphatic rings. The number of hydrogen-bond acceptors (Lipinski definition) is 5. The molecule has 0 saturated carbocycles. The second kappa shape index (κ2) is 8.16. The average Bonchev–Trinajstić information content (AvgIpc) is 3.05. The van der Waals surface area contributed by atoms with Crippen LogP contribution in [0.2, 0.25) is 0 Å². The largest absolute Gasteiger partial charge is 0.411 e. The van der Waals surface area contributed by atoms with Crippen LogP contribution in [0.3, 0.4) is 0 Å². The summed E-state index contributed by atoms with van der Waals surface area (Å²) in [6.45, 7) is 1.79. The van der Waals surface area contributed by atoms with Crippen molar-refractivity contribution in [1.29, 1.82) is 0 Å². The van der Waals surface area contributed by atoms with Gasteiger partial charge < -0.3 is 9.73 Å². The lowest BCUT2D eigenvalue weighted by atomic mass is 10.2. The molecule has 1 unspecified atom stereocenters. The highest BCUT2D eigenvalue weighted by Crippen LogP contribution is 2.28. The van der Waals surface area contributed by atoms with Gasteiger partial charge in [0, 0.05) is 20.2 Å². The van der Waals surface area contributed by atoms with E-state index in [1.807, 2.05) is 48.5 Å². The molecule has 5 nitrogen and oxygen atoms in total. The maximum atomic E-state index is 12.3. The number of benzene rings is 2. The number of thioether (sulfide) groups is 1. The minimum absolute atomic E-state index is 0.130. The first-order chi connectivity index (χ1) is 12.0. The third-order valence-electron chi connectivity index (χ3n) is 3.24. The number of amides is 1. The molecule has 1 N–H and O–H groups in total. The van der Waals surface area contributed by atoms with Gasteiger partial charge in [-0.2, -0.15) is 0 Å². The molecule has 0 radical (unpaired) electrons. The lowest BCUT2D eigenvalue weighted by molar-refractivity contribution is -0.115. The minimum atomic E-state index is -0.376. The van der Waals surface area contributed by atoms with Gasteiger partial charge in [0.05, 0.1) is 5.25 Å². The molecule has 3 aromatic rings. The Morgan fingerprint density at radius 3 is 2.60 bits per heavy atom. The predicted octanol–water partition coefficient (Wildman–Crippen LogP) is 5.38. The van der Waals surface area contributed by atoms with Crippen molar-refractivity contribution in [2.45, 2.75) is 17.4 Å². The van der Waals surface area contributed by atoms with Crippen molar-refractivity contribution in [3.8, 4) is 11.5 Å². The van der Waals surface area contributed by atoms with Crippen LogP contribution in [-0.2, 0) is 4.79 Å². The number of nitrogens with zero attached hydrogens (tertiary/aromatic N) is 2. The first kappa shape index (κ1) is 18.2. The molecule has 0 aliphatic heterocycles. The summed E-state index contributed by atoms with van der Waals surface area (Å²) in [7, 11) is 0. The van der Waals surface area contributed by atoms with Gasteiger partial charge in [-0.3, -0.25) is 4.79 Å². The molecule has 25 heavy (non-hydrogen) atoms. The quantitative estimate of drug-likeness (QED) is 0.494. The number of aromatic nitrogens is 2. The van der Waals surface area contributed by atoms with Crippen LogP contribution in [0, 0.1) is 0 Å². The zero-order chi connectivity index (χ0) is 17.8. The zero-order valence-electron chi connectivity index (χ0n) is 13.1. The van der Waals surface area contributed by atoms with Crippen LogP contribution in [0.1, 0.15) is 6.92 Å². The number of carbonyl (C=O) groups excluding carboxylic acids is 1. The Morgan fingerprint density at radius 2 is 1.88 bits per heavy atom. The maximum absolute atomic E-state index is 12.3. The lowest BCUT2D eigenvalue weighted by Crippen LogP contribution is -2.22. The monoisotopic (exact) mass is 481 g/mol. The van der Waals surface area contributed by atoms with Gasteiger partial charge in [-0.25, -0.2) is 0 Å². The molecule has 8 heteroatoms. The van der Waals surface area contributed by atoms with E-state index in [-0.39, 0.29) is 11.2 Å². The number of hydrogen-bond donors (Lipinski definition) is 1. The number of rotatable bonds is 5. The van der Waals surface area contributed by atoms with Gasteiger partial charge in [0.25, 0.3) is 5.22 Å². The molecular formula is C17H13Br2N3O2S. The molecule has 1 atom stereocenters. The van der Waals surface area contributed by atoms with Gasteiger partial charge in [-0.05, 0) is 49.4 Å². The topological polar surface area (TPSA) is 68.0 Å². The fraction of sp³-hybridized carbons (Fsp3) is 0.118. The number of carbonyl (C=O) groups is 1. The van der Waals surface area contributed by atoms with Crippen molar-refractivity contribution in [3.63, 3.8) is 0 Å². The third kappa shape index (κ3) is 4.93. The summed E-state index contributed by atoms with van der Waals surface area (Å²) in [6, 6.07) is 15.0. The van der Waals surface area contributed by atoms with Crippen LogP contribution < -0.4 is 5.32 Å². The van der Waals surface area contributed by atoms with Gasteiger partial charge in [0.15, 0.2) is 0 Å². The Labute approximate surface area is 165 Å². The van der Waals surface area contributed by atoms with Gasteiger partial charge in [0.1, 0.15) is 0 Å². The summed E-state index contributed by atoms with van der Waals surface area (Å²) in [5, 5.41) is 10.9. The fourth-order valence-electron chi connectivity index (χ4n) is 1.98. The summed E-state index contributed by atoms with van der Waals surface area (Å²) in [5.74, 6) is 0.291. The fourth-order valence-corrected chi connectivity index (χ4v) is 3.32. The molecule has 1 aromatic heterocycles. The summed E-state index contributed by atoms with van der Waals surface area (Å²) in [5.41, 5.74) is 1.56. The molecule has 2 aromatic carbocycles. The van der Waals surface area contributed by atoms with E-state index in [1.54, 1.807) is 6.92 Å². The molecule has 128 valence electrons. The number of halogens is 2. The first-order valence-corrected chi connectivity index (χ1v) is 9.80. The van der Waals surface area contributed by atoms with E-state index in [4.69, 9.17) is 4.42 Å². The first-order valence-electron chi connectivity index (χ1n) is 7.34. The number of nitrogens with one attached hydrogen (secondary N) is 1. The summed E-state index contributed by atoms with van der Waals surface area (Å²) >= 11 is 7.99. The highest BCUT2D eigenvalue weighted by atomic mass is 79.9. The molecule has 0 spiro atoms. The summed E-state index contributed by atoms with van der Waals surface area (Å²) in [4.78, 5) is 12.3. The maximum Gasteiger partial charge on any atom is 0.277 e. The van der Waals surface area contributed by atoms with Gasteiger partial charge in [-0.15, -0.1) is 10.2 Å². The van der Waals surface area contributed by atoms with Crippen molar-refractivity contribution in [2.24, 2.45) is 0 Å². The van der Waals surface area contributed by atoms with Crippen LogP contribution in [0.4, 0.5) is 5.69 Å². The average molecular weight is 483 g/mol. The molecule has 3 rings (SSSR count). The van der Waals surface area contributed by atoms with E-state index in [1.165, 1.54) is 11.8 Å². The van der Waals surface area contributed by atoms with Crippen LogP contribution in [0.5, 0.6) is 0 Å². The lowest BCUT2D eigenvalue weighted by Gasteiger charge is -2.09. The Balaban J connectivity index is 1.64. The second-order valence-corrected chi connectivity index (χ2v) is 8.26. The SMILES string of the molecule is CC(Sc1nnc(-c2cccc(Br)c2)o1)C(=O)Nc1ccc(Br)cc1. The standard InChI is InChI=1S/C17H13Br2N3O2S/c1-10(15(23)20-14-7-5-12(18)6-8-14)25-17-22-21-16(24-17)11-3-2-4-13(19)9-11/h2-10H,1H3,(H,20,23). The van der Waals surface area contributed by atoms with Gasteiger partial charge in [-0.1, -0.05) is 49.7 Å². The highest BCUT2D eigenvalue weighted by Gasteiger charge is 2.19. The Bertz CT molecular complexity index is 884. The van der Waals surface area contributed by atoms with E-state index in [0.29, 0.717) is 11.1 Å². The molecule has 0 aliphatic carbocycles. The van der Waals surface area contributed by atoms with Crippen LogP contribution in [-0.4, -0.2) is 21.4 Å². The van der Waals surface area contributed by atoms with E-state index in [2.05, 4.69) is 47.4 Å². The summed E-state index contributed by atoms with van der Waals surface area (Å²) < 4.78 is 7.53. The van der Waals surface area contributed by atoms with Crippen molar-refractivity contribution < 1.29 is 9.21 Å². The Kier molecular flexibility index (Phi) is 5.93. The predicted molar refractivity (Wildman–Crippen MR) is 106 cm³/mol. The van der Waals surface area contributed by atoms with Crippen LogP contribution in [0.15, 0.2) is 67.1 Å². The third-order valence-corrected chi connectivity index (χ3v) is 5.19. The second-order valence-electron chi connectivity index (χ2n) is 5.14. The van der Waals surface area contributed by atoms with Crippen molar-refractivity contribution in [2.75, 3.05) is 5.32 Å². The Morgan fingerprint density at radius 1 is 1.12 bits per heavy atom. The van der Waals surface area contributed by atoms with Crippen molar-refractivity contribution in [1.82, 2.24) is 10.2 Å². The highest BCUT2D eigenvalue weighted by molar-refractivity contribution is 9.10. The molecule has 0 fully saturated rings. The van der Waals surface area contributed by atoms with Crippen LogP contribution >= 0.6 is 43.6 Å². The van der Waals surface area contributed by atoms with Gasteiger partial charge in [0.2, 0.25) is 11.8 Å². The zero-order valence-corrected chi connectivity index (χ0v) is 17.1. The van der Waals surface area contributed by atoms with Crippen molar-refractivity contribution >= 4 is 55.2 Å². The van der Waals surface area contributed by atoms with E-state index < -0.39 is 0 Å². The number of anilines is 1.